The van der Waals surface area contributed by atoms with Gasteiger partial charge in [-0.2, -0.15) is 0 Å². The Balaban J connectivity index is 2.11. The van der Waals surface area contributed by atoms with Gasteiger partial charge >= 0.3 is 0 Å². The van der Waals surface area contributed by atoms with Crippen molar-refractivity contribution in [2.24, 2.45) is 0 Å². The van der Waals surface area contributed by atoms with E-state index in [-0.39, 0.29) is 16.6 Å². The third kappa shape index (κ3) is 3.43. The van der Waals surface area contributed by atoms with Gasteiger partial charge in [0.15, 0.2) is 0 Å². The molecule has 1 saturated heterocycles. The van der Waals surface area contributed by atoms with Crippen LogP contribution in [0.4, 0.5) is 10.1 Å². The summed E-state index contributed by atoms with van der Waals surface area (Å²) in [6.07, 6.45) is 1.54. The van der Waals surface area contributed by atoms with Crippen molar-refractivity contribution in [2.75, 3.05) is 25.9 Å². The van der Waals surface area contributed by atoms with Crippen LogP contribution in [0.1, 0.15) is 12.8 Å². The van der Waals surface area contributed by atoms with Gasteiger partial charge in [0.25, 0.3) is 0 Å². The van der Waals surface area contributed by atoms with Gasteiger partial charge in [-0.15, -0.1) is 0 Å². The van der Waals surface area contributed by atoms with Crippen molar-refractivity contribution in [1.82, 2.24) is 9.62 Å². The summed E-state index contributed by atoms with van der Waals surface area (Å²) in [7, 11) is -1.63. The highest BCUT2D eigenvalue weighted by Gasteiger charge is 2.23. The predicted octanol–water partition coefficient (Wildman–Crippen LogP) is 0.780. The molecule has 1 fully saturated rings. The van der Waals surface area contributed by atoms with Gasteiger partial charge < -0.3 is 10.6 Å². The van der Waals surface area contributed by atoms with Crippen molar-refractivity contribution >= 4 is 15.7 Å². The number of hydrogen-bond donors (Lipinski definition) is 2. The van der Waals surface area contributed by atoms with E-state index in [1.807, 2.05) is 7.05 Å². The first kappa shape index (κ1) is 14.2. The lowest BCUT2D eigenvalue weighted by Crippen LogP contribution is -2.43. The highest BCUT2D eigenvalue weighted by Crippen LogP contribution is 2.18. The number of nitrogens with zero attached hydrogens (tertiary/aromatic N) is 1. The molecule has 0 unspecified atom stereocenters. The zero-order chi connectivity index (χ0) is 14.0. The maximum Gasteiger partial charge on any atom is 0.240 e. The minimum absolute atomic E-state index is 0.00493. The number of piperidine rings is 1. The SMILES string of the molecule is CN1CCC(NS(=O)(=O)c2ccc(F)c(N)c2)CC1. The summed E-state index contributed by atoms with van der Waals surface area (Å²) in [5.74, 6) is -0.613. The van der Waals surface area contributed by atoms with Crippen LogP contribution < -0.4 is 10.5 Å². The monoisotopic (exact) mass is 287 g/mol. The quantitative estimate of drug-likeness (QED) is 0.806. The first-order chi connectivity index (χ1) is 8.88. The van der Waals surface area contributed by atoms with Gasteiger partial charge in [-0.05, 0) is 51.2 Å². The summed E-state index contributed by atoms with van der Waals surface area (Å²) in [4.78, 5) is 2.16. The average molecular weight is 287 g/mol. The Morgan fingerprint density at radius 3 is 2.58 bits per heavy atom. The third-order valence-corrected chi connectivity index (χ3v) is 4.84. The van der Waals surface area contributed by atoms with E-state index in [0.717, 1.165) is 38.1 Å². The zero-order valence-corrected chi connectivity index (χ0v) is 11.6. The summed E-state index contributed by atoms with van der Waals surface area (Å²) in [5.41, 5.74) is 5.23. The van der Waals surface area contributed by atoms with Crippen LogP contribution in [-0.2, 0) is 10.0 Å². The third-order valence-electron chi connectivity index (χ3n) is 3.32. The number of rotatable bonds is 3. The molecule has 1 aliphatic heterocycles. The molecule has 0 radical (unpaired) electrons. The van der Waals surface area contributed by atoms with E-state index < -0.39 is 15.8 Å². The normalized spacial score (nSPS) is 18.6. The number of nitrogens with one attached hydrogen (secondary N) is 1. The van der Waals surface area contributed by atoms with Gasteiger partial charge in [-0.3, -0.25) is 0 Å². The van der Waals surface area contributed by atoms with Crippen LogP contribution in [0.25, 0.3) is 0 Å². The minimum Gasteiger partial charge on any atom is -0.396 e. The van der Waals surface area contributed by atoms with Crippen LogP contribution in [0.5, 0.6) is 0 Å². The number of halogens is 1. The van der Waals surface area contributed by atoms with Crippen LogP contribution in [0, 0.1) is 5.82 Å². The van der Waals surface area contributed by atoms with Crippen molar-refractivity contribution in [2.45, 2.75) is 23.8 Å². The molecule has 5 nitrogen and oxygen atoms in total. The van der Waals surface area contributed by atoms with Gasteiger partial charge in [0.1, 0.15) is 5.82 Å². The van der Waals surface area contributed by atoms with Crippen LogP contribution in [0.2, 0.25) is 0 Å². The lowest BCUT2D eigenvalue weighted by Gasteiger charge is -2.29. The number of hydrogen-bond acceptors (Lipinski definition) is 4. The molecule has 1 aromatic carbocycles. The molecule has 7 heteroatoms. The molecule has 1 heterocycles. The van der Waals surface area contributed by atoms with Crippen LogP contribution in [0.15, 0.2) is 23.1 Å². The predicted molar refractivity (Wildman–Crippen MR) is 71.7 cm³/mol. The molecule has 0 aromatic heterocycles. The Kier molecular flexibility index (Phi) is 4.07. The maximum atomic E-state index is 13.0. The fourth-order valence-electron chi connectivity index (χ4n) is 2.10. The van der Waals surface area contributed by atoms with Crippen molar-refractivity contribution in [1.29, 1.82) is 0 Å². The van der Waals surface area contributed by atoms with E-state index in [1.54, 1.807) is 0 Å². The van der Waals surface area contributed by atoms with E-state index in [9.17, 15) is 12.8 Å². The summed E-state index contributed by atoms with van der Waals surface area (Å²) in [6.45, 7) is 1.72. The Labute approximate surface area is 112 Å². The number of nitrogens with two attached hydrogens (primary N) is 1. The summed E-state index contributed by atoms with van der Waals surface area (Å²) in [5, 5.41) is 0. The molecule has 0 amide bonds. The molecule has 106 valence electrons. The maximum absolute atomic E-state index is 13.0. The van der Waals surface area contributed by atoms with Gasteiger partial charge in [0.05, 0.1) is 10.6 Å². The van der Waals surface area contributed by atoms with Crippen LogP contribution in [0.3, 0.4) is 0 Å². The molecule has 0 saturated carbocycles. The van der Waals surface area contributed by atoms with Gasteiger partial charge in [-0.25, -0.2) is 17.5 Å². The Morgan fingerprint density at radius 2 is 2.00 bits per heavy atom. The number of sulfonamides is 1. The number of likely N-dealkylation sites (tertiary alicyclic amines) is 1. The summed E-state index contributed by atoms with van der Waals surface area (Å²) in [6, 6.07) is 3.36. The van der Waals surface area contributed by atoms with Crippen LogP contribution >= 0.6 is 0 Å². The molecule has 1 aliphatic rings. The zero-order valence-electron chi connectivity index (χ0n) is 10.8. The van der Waals surface area contributed by atoms with Crippen molar-refractivity contribution in [3.8, 4) is 0 Å². The molecule has 0 aliphatic carbocycles. The summed E-state index contributed by atoms with van der Waals surface area (Å²) < 4.78 is 40.0. The molecule has 0 atom stereocenters. The van der Waals surface area contributed by atoms with Crippen molar-refractivity contribution in [3.63, 3.8) is 0 Å². The number of anilines is 1. The molecule has 2 rings (SSSR count). The highest BCUT2D eigenvalue weighted by molar-refractivity contribution is 7.89. The summed E-state index contributed by atoms with van der Waals surface area (Å²) >= 11 is 0. The highest BCUT2D eigenvalue weighted by atomic mass is 32.2. The fourth-order valence-corrected chi connectivity index (χ4v) is 3.44. The van der Waals surface area contributed by atoms with Gasteiger partial charge in [-0.1, -0.05) is 0 Å². The topological polar surface area (TPSA) is 75.4 Å². The van der Waals surface area contributed by atoms with E-state index in [0.29, 0.717) is 0 Å². The van der Waals surface area contributed by atoms with E-state index in [1.165, 1.54) is 6.07 Å². The van der Waals surface area contributed by atoms with E-state index in [4.69, 9.17) is 5.73 Å². The number of nitrogen functional groups attached to an aromatic ring is 1. The minimum atomic E-state index is -3.63. The molecule has 0 spiro atoms. The second-order valence-corrected chi connectivity index (χ2v) is 6.60. The first-order valence-corrected chi connectivity index (χ1v) is 7.63. The second kappa shape index (κ2) is 5.44. The molecule has 0 bridgehead atoms. The Hall–Kier alpha value is -1.18. The molecule has 3 N–H and O–H groups in total. The van der Waals surface area contributed by atoms with Gasteiger partial charge in [0.2, 0.25) is 10.0 Å². The smallest absolute Gasteiger partial charge is 0.240 e. The second-order valence-electron chi connectivity index (χ2n) is 4.88. The first-order valence-electron chi connectivity index (χ1n) is 6.14. The number of benzene rings is 1. The molecule has 1 aromatic rings. The van der Waals surface area contributed by atoms with Crippen LogP contribution in [-0.4, -0.2) is 39.5 Å². The van der Waals surface area contributed by atoms with Gasteiger partial charge in [0, 0.05) is 6.04 Å². The lowest BCUT2D eigenvalue weighted by atomic mass is 10.1. The lowest BCUT2D eigenvalue weighted by molar-refractivity contribution is 0.248. The molecular weight excluding hydrogens is 269 g/mol. The van der Waals surface area contributed by atoms with Crippen molar-refractivity contribution < 1.29 is 12.8 Å². The average Bonchev–Trinajstić information content (AvgIpc) is 2.35. The largest absolute Gasteiger partial charge is 0.396 e. The Morgan fingerprint density at radius 1 is 1.37 bits per heavy atom. The Bertz CT molecular complexity index is 554. The van der Waals surface area contributed by atoms with E-state index in [2.05, 4.69) is 9.62 Å². The molecular formula is C12H18FN3O2S. The molecule has 19 heavy (non-hydrogen) atoms. The van der Waals surface area contributed by atoms with E-state index >= 15 is 0 Å². The fraction of sp³-hybridized carbons (Fsp3) is 0.500. The van der Waals surface area contributed by atoms with Crippen molar-refractivity contribution in [3.05, 3.63) is 24.0 Å². The standard InChI is InChI=1S/C12H18FN3O2S/c1-16-6-4-9(5-7-16)15-19(17,18)10-2-3-11(13)12(14)8-10/h2-3,8-9,15H,4-7,14H2,1H3.